The summed E-state index contributed by atoms with van der Waals surface area (Å²) in [6, 6.07) is 8.95. The fourth-order valence-electron chi connectivity index (χ4n) is 0.888. The monoisotopic (exact) mass is 300 g/mol. The van der Waals surface area contributed by atoms with Gasteiger partial charge in [0.05, 0.1) is 6.61 Å². The lowest BCUT2D eigenvalue weighted by atomic mass is 10.2. The average Bonchev–Trinajstić information content (AvgIpc) is 2.13. The third-order valence-corrected chi connectivity index (χ3v) is 5.09. The lowest BCUT2D eigenvalue weighted by Gasteiger charge is -2.17. The first-order valence-electron chi connectivity index (χ1n) is 4.07. The van der Waals surface area contributed by atoms with Crippen molar-refractivity contribution in [1.29, 1.82) is 0 Å². The Morgan fingerprint density at radius 2 is 1.62 bits per heavy atom. The van der Waals surface area contributed by atoms with Crippen LogP contribution in [-0.2, 0) is 39.1 Å². The van der Waals surface area contributed by atoms with Crippen molar-refractivity contribution in [3.8, 4) is 0 Å². The van der Waals surface area contributed by atoms with E-state index in [1.165, 1.54) is 0 Å². The Kier molecular flexibility index (Phi) is 5.19. The Balaban J connectivity index is 2.55. The van der Waals surface area contributed by atoms with E-state index < -0.39 is 13.4 Å². The van der Waals surface area contributed by atoms with E-state index in [4.69, 9.17) is 14.3 Å². The Bertz CT molecular complexity index is 432. The number of hydrogen-bond donors (Lipinski definition) is 3. The van der Waals surface area contributed by atoms with Gasteiger partial charge in [0, 0.05) is 0 Å². The highest BCUT2D eigenvalue weighted by Crippen LogP contribution is 2.58. The van der Waals surface area contributed by atoms with Crippen molar-refractivity contribution < 1.29 is 23.5 Å². The van der Waals surface area contributed by atoms with Crippen molar-refractivity contribution in [2.75, 3.05) is 0 Å². The number of rotatable bonds is 5. The summed E-state index contributed by atoms with van der Waals surface area (Å²) in [5, 5.41) is 0. The molecule has 0 heterocycles. The van der Waals surface area contributed by atoms with E-state index in [-0.39, 0.29) is 6.61 Å². The van der Waals surface area contributed by atoms with Crippen molar-refractivity contribution >= 4 is 37.1 Å². The molecular formula is C7H10O5P2S2. The van der Waals surface area contributed by atoms with Crippen LogP contribution in [0, 0.1) is 0 Å². The minimum absolute atomic E-state index is 0.0178. The molecule has 0 saturated carbocycles. The van der Waals surface area contributed by atoms with Gasteiger partial charge in [-0.3, -0.25) is 0 Å². The quantitative estimate of drug-likeness (QED) is 0.713. The molecule has 0 aliphatic carbocycles. The van der Waals surface area contributed by atoms with Gasteiger partial charge in [0.15, 0.2) is 0 Å². The fourth-order valence-corrected chi connectivity index (χ4v) is 4.65. The second kappa shape index (κ2) is 5.78. The fraction of sp³-hybridized carbons (Fsp3) is 0.143. The molecule has 0 aliphatic heterocycles. The normalized spacial score (nSPS) is 15.7. The van der Waals surface area contributed by atoms with Crippen LogP contribution < -0.4 is 0 Å². The van der Waals surface area contributed by atoms with Crippen molar-refractivity contribution in [3.63, 3.8) is 0 Å². The summed E-state index contributed by atoms with van der Waals surface area (Å²) >= 11 is 8.74. The van der Waals surface area contributed by atoms with Gasteiger partial charge in [0.2, 0.25) is 0 Å². The van der Waals surface area contributed by atoms with Gasteiger partial charge in [-0.05, 0) is 29.2 Å². The van der Waals surface area contributed by atoms with Gasteiger partial charge >= 0.3 is 13.4 Å². The molecule has 0 fully saturated rings. The topological polar surface area (TPSA) is 79.2 Å². The molecule has 1 unspecified atom stereocenters. The van der Waals surface area contributed by atoms with E-state index in [0.717, 1.165) is 5.56 Å². The highest BCUT2D eigenvalue weighted by atomic mass is 32.5. The molecule has 90 valence electrons. The average molecular weight is 300 g/mol. The Labute approximate surface area is 103 Å². The Morgan fingerprint density at radius 1 is 1.06 bits per heavy atom. The largest absolute Gasteiger partial charge is 0.332 e. The van der Waals surface area contributed by atoms with Gasteiger partial charge in [0.25, 0.3) is 0 Å². The van der Waals surface area contributed by atoms with E-state index in [2.05, 4.69) is 27.9 Å². The Morgan fingerprint density at radius 3 is 2.12 bits per heavy atom. The van der Waals surface area contributed by atoms with E-state index in [9.17, 15) is 4.89 Å². The molecule has 1 rings (SSSR count). The van der Waals surface area contributed by atoms with Crippen LogP contribution in [0.1, 0.15) is 5.56 Å². The van der Waals surface area contributed by atoms with E-state index in [1.54, 1.807) is 24.3 Å². The van der Waals surface area contributed by atoms with Crippen molar-refractivity contribution in [2.24, 2.45) is 0 Å². The summed E-state index contributed by atoms with van der Waals surface area (Å²) in [7, 11) is 0. The van der Waals surface area contributed by atoms with Gasteiger partial charge in [-0.2, -0.15) is 0 Å². The second-order valence-electron chi connectivity index (χ2n) is 2.80. The summed E-state index contributed by atoms with van der Waals surface area (Å²) in [4.78, 5) is 27.1. The molecule has 0 bridgehead atoms. The van der Waals surface area contributed by atoms with E-state index in [1.807, 2.05) is 6.07 Å². The van der Waals surface area contributed by atoms with E-state index in [0.29, 0.717) is 0 Å². The number of benzene rings is 1. The lowest BCUT2D eigenvalue weighted by molar-refractivity contribution is 0.235. The predicted octanol–water partition coefficient (Wildman–Crippen LogP) is 1.65. The first kappa shape index (κ1) is 14.4. The van der Waals surface area contributed by atoms with Crippen LogP contribution in [0.2, 0.25) is 0 Å². The molecule has 16 heavy (non-hydrogen) atoms. The minimum atomic E-state index is -4.00. The second-order valence-corrected chi connectivity index (χ2v) is 8.44. The highest BCUT2D eigenvalue weighted by molar-refractivity contribution is 8.14. The zero-order chi connectivity index (χ0) is 12.2. The van der Waals surface area contributed by atoms with Crippen molar-refractivity contribution in [3.05, 3.63) is 35.9 Å². The molecule has 0 saturated heterocycles. The van der Waals surface area contributed by atoms with Crippen LogP contribution in [0.15, 0.2) is 30.3 Å². The summed E-state index contributed by atoms with van der Waals surface area (Å²) < 4.78 is 9.24. The smallest absolute Gasteiger partial charge is 0.324 e. The lowest BCUT2D eigenvalue weighted by Crippen LogP contribution is -1.94. The maximum atomic E-state index is 9.43. The number of hydrogen-bond acceptors (Lipinski definition) is 4. The molecule has 0 radical (unpaired) electrons. The van der Waals surface area contributed by atoms with Crippen molar-refractivity contribution in [2.45, 2.75) is 6.61 Å². The molecule has 5 nitrogen and oxygen atoms in total. The molecule has 0 spiro atoms. The zero-order valence-corrected chi connectivity index (χ0v) is 11.4. The minimum Gasteiger partial charge on any atom is -0.324 e. The summed E-state index contributed by atoms with van der Waals surface area (Å²) in [6.45, 7) is -7.69. The van der Waals surface area contributed by atoms with E-state index >= 15 is 0 Å². The summed E-state index contributed by atoms with van der Waals surface area (Å²) in [5.74, 6) is 0. The maximum Gasteiger partial charge on any atom is 0.332 e. The van der Waals surface area contributed by atoms with Gasteiger partial charge in [-0.15, -0.1) is 0 Å². The van der Waals surface area contributed by atoms with Crippen LogP contribution in [0.5, 0.6) is 0 Å². The van der Waals surface area contributed by atoms with Gasteiger partial charge in [0.1, 0.15) is 0 Å². The highest BCUT2D eigenvalue weighted by Gasteiger charge is 2.24. The first-order valence-corrected chi connectivity index (χ1v) is 9.28. The SMILES string of the molecule is OP(O)(=S)OP(O)(=S)OCc1ccccc1. The van der Waals surface area contributed by atoms with Crippen LogP contribution in [0.3, 0.4) is 0 Å². The maximum absolute atomic E-state index is 9.43. The molecule has 0 aliphatic rings. The van der Waals surface area contributed by atoms with Gasteiger partial charge in [-0.1, -0.05) is 30.3 Å². The molecule has 1 atom stereocenters. The molecule has 0 aromatic heterocycles. The van der Waals surface area contributed by atoms with Crippen LogP contribution >= 0.6 is 13.4 Å². The summed E-state index contributed by atoms with van der Waals surface area (Å²) in [6.07, 6.45) is 0. The third-order valence-electron chi connectivity index (χ3n) is 1.45. The zero-order valence-electron chi connectivity index (χ0n) is 7.96. The molecule has 0 amide bonds. The summed E-state index contributed by atoms with van der Waals surface area (Å²) in [5.41, 5.74) is 0.776. The van der Waals surface area contributed by atoms with Gasteiger partial charge in [-0.25, -0.2) is 4.31 Å². The third kappa shape index (κ3) is 6.15. The Hall–Kier alpha value is 0.320. The van der Waals surface area contributed by atoms with Crippen molar-refractivity contribution in [1.82, 2.24) is 0 Å². The first-order chi connectivity index (χ1) is 7.29. The molecule has 9 heteroatoms. The molecule has 3 N–H and O–H groups in total. The van der Waals surface area contributed by atoms with Crippen LogP contribution in [-0.4, -0.2) is 14.7 Å². The van der Waals surface area contributed by atoms with Crippen LogP contribution in [0.4, 0.5) is 0 Å². The molecule has 1 aromatic carbocycles. The predicted molar refractivity (Wildman–Crippen MR) is 67.5 cm³/mol. The standard InChI is InChI=1S/C7H10O5P2S2/c8-13(9,15)12-14(10,16)11-6-7-4-2-1-3-5-7/h1-5H,6H2,(H,10,16)(H2,8,9,15). The van der Waals surface area contributed by atoms with Crippen LogP contribution in [0.25, 0.3) is 0 Å². The van der Waals surface area contributed by atoms with Gasteiger partial charge < -0.3 is 19.2 Å². The molecular weight excluding hydrogens is 290 g/mol. The molecule has 1 aromatic rings.